The monoisotopic (exact) mass is 523 g/mol. The first-order valence-corrected chi connectivity index (χ1v) is 13.3. The number of sulfone groups is 1. The molecule has 0 radical (unpaired) electrons. The Kier molecular flexibility index (Phi) is 8.57. The first kappa shape index (κ1) is 27.4. The van der Waals surface area contributed by atoms with E-state index in [-0.39, 0.29) is 17.2 Å². The maximum atomic E-state index is 13.4. The fourth-order valence-corrected chi connectivity index (χ4v) is 4.31. The summed E-state index contributed by atoms with van der Waals surface area (Å²) in [5.74, 6) is -0.686. The fourth-order valence-electron chi connectivity index (χ4n) is 3.64. The van der Waals surface area contributed by atoms with Crippen molar-refractivity contribution in [1.82, 2.24) is 14.7 Å². The van der Waals surface area contributed by atoms with Gasteiger partial charge in [-0.3, -0.25) is 9.48 Å². The highest BCUT2D eigenvalue weighted by molar-refractivity contribution is 7.90. The number of rotatable bonds is 10. The van der Waals surface area contributed by atoms with E-state index in [2.05, 4.69) is 10.00 Å². The topological polar surface area (TPSA) is 81.5 Å². The van der Waals surface area contributed by atoms with Crippen molar-refractivity contribution < 1.29 is 31.1 Å². The van der Waals surface area contributed by atoms with Crippen LogP contribution in [0.1, 0.15) is 19.5 Å². The highest BCUT2D eigenvalue weighted by Gasteiger charge is 2.35. The van der Waals surface area contributed by atoms with E-state index < -0.39 is 34.2 Å². The molecular weight excluding hydrogens is 495 g/mol. The Bertz CT molecular complexity index is 1300. The molecule has 11 heteroatoms. The van der Waals surface area contributed by atoms with Crippen molar-refractivity contribution in [2.75, 3.05) is 32.5 Å². The molecule has 0 fully saturated rings. The van der Waals surface area contributed by atoms with Gasteiger partial charge >= 0.3 is 12.1 Å². The maximum Gasteiger partial charge on any atom is 0.435 e. The van der Waals surface area contributed by atoms with Crippen molar-refractivity contribution in [2.45, 2.75) is 31.5 Å². The Balaban J connectivity index is 1.85. The Morgan fingerprint density at radius 3 is 2.22 bits per heavy atom. The second kappa shape index (κ2) is 11.3. The molecule has 0 aliphatic heterocycles. The number of nitrogens with zero attached hydrogens (tertiary/aromatic N) is 3. The first-order valence-electron chi connectivity index (χ1n) is 11.4. The number of alkyl halides is 3. The van der Waals surface area contributed by atoms with Crippen molar-refractivity contribution in [3.63, 3.8) is 0 Å². The van der Waals surface area contributed by atoms with Crippen molar-refractivity contribution in [1.29, 1.82) is 0 Å². The van der Waals surface area contributed by atoms with Crippen molar-refractivity contribution in [2.24, 2.45) is 0 Å². The molecule has 0 aliphatic carbocycles. The lowest BCUT2D eigenvalue weighted by Gasteiger charge is -2.17. The summed E-state index contributed by atoms with van der Waals surface area (Å²) in [6.45, 7) is 5.73. The summed E-state index contributed by atoms with van der Waals surface area (Å²) >= 11 is 0. The van der Waals surface area contributed by atoms with Crippen LogP contribution >= 0.6 is 0 Å². The summed E-state index contributed by atoms with van der Waals surface area (Å²) in [5, 5.41) is 3.61. The zero-order valence-electron chi connectivity index (χ0n) is 20.2. The quantitative estimate of drug-likeness (QED) is 0.364. The molecule has 0 bridgehead atoms. The Labute approximate surface area is 208 Å². The summed E-state index contributed by atoms with van der Waals surface area (Å²) in [6, 6.07) is 13.8. The highest BCUT2D eigenvalue weighted by Crippen LogP contribution is 2.33. The number of ether oxygens (including phenoxy) is 1. The maximum absolute atomic E-state index is 13.4. The van der Waals surface area contributed by atoms with Crippen LogP contribution in [0.3, 0.4) is 0 Å². The summed E-state index contributed by atoms with van der Waals surface area (Å²) in [4.78, 5) is 14.6. The lowest BCUT2D eigenvalue weighted by molar-refractivity contribution is -0.146. The van der Waals surface area contributed by atoms with Crippen LogP contribution in [0, 0.1) is 0 Å². The minimum atomic E-state index is -4.68. The third-order valence-electron chi connectivity index (χ3n) is 5.69. The van der Waals surface area contributed by atoms with Crippen LogP contribution < -0.4 is 0 Å². The molecule has 1 heterocycles. The second-order valence-electron chi connectivity index (χ2n) is 8.19. The number of hydrogen-bond acceptors (Lipinski definition) is 6. The Hall–Kier alpha value is -3.18. The van der Waals surface area contributed by atoms with Crippen LogP contribution in [-0.2, 0) is 32.1 Å². The summed E-state index contributed by atoms with van der Waals surface area (Å²) in [6.07, 6.45) is -3.57. The van der Waals surface area contributed by atoms with Crippen molar-refractivity contribution >= 4 is 15.8 Å². The normalized spacial score (nSPS) is 12.2. The van der Waals surface area contributed by atoms with Gasteiger partial charge in [0.1, 0.15) is 13.2 Å². The van der Waals surface area contributed by atoms with Crippen LogP contribution in [0.15, 0.2) is 59.5 Å². The van der Waals surface area contributed by atoms with Crippen LogP contribution in [0.4, 0.5) is 13.2 Å². The predicted molar refractivity (Wildman–Crippen MR) is 130 cm³/mol. The largest absolute Gasteiger partial charge is 0.463 e. The number of carbonyl (C=O) groups is 1. The molecule has 0 saturated heterocycles. The number of hydrogen-bond donors (Lipinski definition) is 0. The van der Waals surface area contributed by atoms with E-state index in [1.165, 1.54) is 12.1 Å². The minimum Gasteiger partial charge on any atom is -0.463 e. The van der Waals surface area contributed by atoms with Gasteiger partial charge in [0.05, 0.1) is 10.6 Å². The van der Waals surface area contributed by atoms with Crippen LogP contribution in [0.25, 0.3) is 22.4 Å². The van der Waals surface area contributed by atoms with Gasteiger partial charge in [-0.05, 0) is 48.0 Å². The van der Waals surface area contributed by atoms with E-state index in [1.807, 2.05) is 13.8 Å². The van der Waals surface area contributed by atoms with E-state index in [0.717, 1.165) is 30.1 Å². The molecule has 3 aromatic rings. The lowest BCUT2D eigenvalue weighted by Crippen LogP contribution is -2.28. The molecular formula is C25H28F3N3O4S. The zero-order chi connectivity index (χ0) is 26.5. The number of esters is 1. The molecule has 194 valence electrons. The van der Waals surface area contributed by atoms with Crippen LogP contribution in [-0.4, -0.2) is 61.6 Å². The molecule has 7 nitrogen and oxygen atoms in total. The van der Waals surface area contributed by atoms with Gasteiger partial charge in [0.15, 0.2) is 15.5 Å². The van der Waals surface area contributed by atoms with E-state index in [0.29, 0.717) is 23.2 Å². The number of halogens is 3. The van der Waals surface area contributed by atoms with Gasteiger partial charge in [0.25, 0.3) is 0 Å². The number of aromatic nitrogens is 2. The standard InChI is InChI=1S/C25H28F3N3O4S/c1-4-30(5-2)13-14-35-24(32)17-31-22(16-23(29-31)25(26,27)28)19-11-9-18(10-12-19)20-7-6-8-21(15-20)36(3,33)34/h6-12,15-16H,4-5,13-14,17H2,1-3H3. The third kappa shape index (κ3) is 6.94. The van der Waals surface area contributed by atoms with Gasteiger partial charge in [-0.15, -0.1) is 0 Å². The fraction of sp³-hybridized carbons (Fsp3) is 0.360. The predicted octanol–water partition coefficient (Wildman–Crippen LogP) is 4.52. The van der Waals surface area contributed by atoms with Gasteiger partial charge in [-0.2, -0.15) is 18.3 Å². The average molecular weight is 524 g/mol. The third-order valence-corrected chi connectivity index (χ3v) is 6.80. The van der Waals surface area contributed by atoms with E-state index in [9.17, 15) is 26.4 Å². The van der Waals surface area contributed by atoms with E-state index >= 15 is 0 Å². The molecule has 3 rings (SSSR count). The van der Waals surface area contributed by atoms with E-state index in [4.69, 9.17) is 4.74 Å². The summed E-state index contributed by atoms with van der Waals surface area (Å²) in [7, 11) is -3.39. The molecule has 0 spiro atoms. The van der Waals surface area contributed by atoms with Gasteiger partial charge in [0, 0.05) is 12.8 Å². The first-order chi connectivity index (χ1) is 16.9. The number of likely N-dealkylation sites (N-methyl/N-ethyl adjacent to an activating group) is 1. The molecule has 2 aromatic carbocycles. The summed E-state index contributed by atoms with van der Waals surface area (Å²) < 4.78 is 70.0. The van der Waals surface area contributed by atoms with Gasteiger partial charge in [-0.1, -0.05) is 50.2 Å². The molecule has 0 amide bonds. The van der Waals surface area contributed by atoms with Crippen LogP contribution in [0.2, 0.25) is 0 Å². The smallest absolute Gasteiger partial charge is 0.435 e. The molecule has 0 unspecified atom stereocenters. The second-order valence-corrected chi connectivity index (χ2v) is 10.2. The van der Waals surface area contributed by atoms with Crippen molar-refractivity contribution in [3.05, 3.63) is 60.3 Å². The highest BCUT2D eigenvalue weighted by atomic mass is 32.2. The molecule has 1 aromatic heterocycles. The number of carbonyl (C=O) groups excluding carboxylic acids is 1. The van der Waals surface area contributed by atoms with Gasteiger partial charge < -0.3 is 9.64 Å². The molecule has 36 heavy (non-hydrogen) atoms. The SMILES string of the molecule is CCN(CC)CCOC(=O)Cn1nc(C(F)(F)F)cc1-c1ccc(-c2cccc(S(C)(=O)=O)c2)cc1. The molecule has 0 N–H and O–H groups in total. The average Bonchev–Trinajstić information content (AvgIpc) is 3.26. The van der Waals surface area contributed by atoms with E-state index in [1.54, 1.807) is 36.4 Å². The van der Waals surface area contributed by atoms with Crippen LogP contribution in [0.5, 0.6) is 0 Å². The minimum absolute atomic E-state index is 0.111. The molecule has 0 atom stereocenters. The zero-order valence-corrected chi connectivity index (χ0v) is 21.1. The van der Waals surface area contributed by atoms with Crippen molar-refractivity contribution in [3.8, 4) is 22.4 Å². The lowest BCUT2D eigenvalue weighted by atomic mass is 10.0. The van der Waals surface area contributed by atoms with Gasteiger partial charge in [0.2, 0.25) is 0 Å². The number of benzene rings is 2. The Morgan fingerprint density at radius 2 is 1.64 bits per heavy atom. The van der Waals surface area contributed by atoms with Gasteiger partial charge in [-0.25, -0.2) is 8.42 Å². The molecule has 0 aliphatic rings. The Morgan fingerprint density at radius 1 is 1.00 bits per heavy atom. The summed E-state index contributed by atoms with van der Waals surface area (Å²) in [5.41, 5.74) is 0.739. The molecule has 0 saturated carbocycles.